The Hall–Kier alpha value is -1.14. The number of rotatable bonds is 8. The Morgan fingerprint density at radius 1 is 1.30 bits per heavy atom. The minimum atomic E-state index is -0.821. The lowest BCUT2D eigenvalue weighted by atomic mass is 10.0. The molecule has 2 N–H and O–H groups in total. The molecule has 1 atom stereocenters. The monoisotopic (exact) mass is 286 g/mol. The van der Waals surface area contributed by atoms with Crippen LogP contribution in [0.5, 0.6) is 0 Å². The SMILES string of the molecule is CC(C)CC(NCCCC(=O)N1CCOCC1)C(=O)O. The predicted octanol–water partition coefficient (Wildman–Crippen LogP) is 0.714. The molecular formula is C14H26N2O4. The van der Waals surface area contributed by atoms with Gasteiger partial charge in [0.2, 0.25) is 5.91 Å². The molecule has 1 unspecified atom stereocenters. The number of carbonyl (C=O) groups excluding carboxylic acids is 1. The highest BCUT2D eigenvalue weighted by atomic mass is 16.5. The van der Waals surface area contributed by atoms with Crippen molar-refractivity contribution in [2.24, 2.45) is 5.92 Å². The van der Waals surface area contributed by atoms with Crippen molar-refractivity contribution < 1.29 is 19.4 Å². The zero-order valence-corrected chi connectivity index (χ0v) is 12.4. The van der Waals surface area contributed by atoms with Gasteiger partial charge in [0.1, 0.15) is 6.04 Å². The summed E-state index contributed by atoms with van der Waals surface area (Å²) in [6.45, 7) is 7.10. The average molecular weight is 286 g/mol. The lowest BCUT2D eigenvalue weighted by Crippen LogP contribution is -2.41. The molecule has 0 radical (unpaired) electrons. The van der Waals surface area contributed by atoms with Gasteiger partial charge in [0.15, 0.2) is 0 Å². The van der Waals surface area contributed by atoms with Crippen LogP contribution < -0.4 is 5.32 Å². The van der Waals surface area contributed by atoms with Gasteiger partial charge in [-0.05, 0) is 25.3 Å². The fourth-order valence-electron chi connectivity index (χ4n) is 2.23. The molecule has 0 aromatic rings. The molecule has 0 aromatic heterocycles. The van der Waals surface area contributed by atoms with Crippen molar-refractivity contribution in [3.05, 3.63) is 0 Å². The molecule has 0 spiro atoms. The Balaban J connectivity index is 2.18. The van der Waals surface area contributed by atoms with Gasteiger partial charge in [-0.15, -0.1) is 0 Å². The van der Waals surface area contributed by atoms with Crippen LogP contribution in [-0.2, 0) is 14.3 Å². The molecule has 1 heterocycles. The van der Waals surface area contributed by atoms with Gasteiger partial charge >= 0.3 is 5.97 Å². The van der Waals surface area contributed by atoms with Crippen molar-refractivity contribution in [2.75, 3.05) is 32.8 Å². The Bertz CT molecular complexity index is 314. The van der Waals surface area contributed by atoms with Gasteiger partial charge in [0.25, 0.3) is 0 Å². The van der Waals surface area contributed by atoms with Crippen molar-refractivity contribution in [3.63, 3.8) is 0 Å². The fourth-order valence-corrected chi connectivity index (χ4v) is 2.23. The molecule has 116 valence electrons. The molecule has 0 aromatic carbocycles. The predicted molar refractivity (Wildman–Crippen MR) is 75.5 cm³/mol. The molecule has 0 saturated carbocycles. The van der Waals surface area contributed by atoms with Crippen molar-refractivity contribution in [2.45, 2.75) is 39.2 Å². The summed E-state index contributed by atoms with van der Waals surface area (Å²) in [5, 5.41) is 12.1. The van der Waals surface area contributed by atoms with Gasteiger partial charge < -0.3 is 20.1 Å². The summed E-state index contributed by atoms with van der Waals surface area (Å²) in [6.07, 6.45) is 1.73. The zero-order chi connectivity index (χ0) is 15.0. The summed E-state index contributed by atoms with van der Waals surface area (Å²) in [7, 11) is 0. The molecule has 0 bridgehead atoms. The van der Waals surface area contributed by atoms with E-state index in [0.29, 0.717) is 58.0 Å². The molecule has 1 rings (SSSR count). The first kappa shape index (κ1) is 16.9. The van der Waals surface area contributed by atoms with Crippen LogP contribution >= 0.6 is 0 Å². The molecule has 1 fully saturated rings. The number of hydrogen-bond donors (Lipinski definition) is 2. The van der Waals surface area contributed by atoms with Crippen molar-refractivity contribution in [3.8, 4) is 0 Å². The molecule has 20 heavy (non-hydrogen) atoms. The number of morpholine rings is 1. The fraction of sp³-hybridized carbons (Fsp3) is 0.857. The van der Waals surface area contributed by atoms with E-state index < -0.39 is 12.0 Å². The van der Waals surface area contributed by atoms with Crippen LogP contribution in [0, 0.1) is 5.92 Å². The first-order chi connectivity index (χ1) is 9.50. The Morgan fingerprint density at radius 2 is 1.95 bits per heavy atom. The Labute approximate surface area is 120 Å². The summed E-state index contributed by atoms with van der Waals surface area (Å²) in [6, 6.07) is -0.520. The lowest BCUT2D eigenvalue weighted by molar-refractivity contribution is -0.139. The van der Waals surface area contributed by atoms with Crippen LogP contribution in [0.3, 0.4) is 0 Å². The normalized spacial score (nSPS) is 17.2. The minimum Gasteiger partial charge on any atom is -0.480 e. The number of carboxylic acids is 1. The van der Waals surface area contributed by atoms with Gasteiger partial charge in [0.05, 0.1) is 13.2 Å². The third-order valence-electron chi connectivity index (χ3n) is 3.33. The minimum absolute atomic E-state index is 0.130. The van der Waals surface area contributed by atoms with Crippen LogP contribution in [0.1, 0.15) is 33.1 Å². The highest BCUT2D eigenvalue weighted by Gasteiger charge is 2.19. The summed E-state index contributed by atoms with van der Waals surface area (Å²) < 4.78 is 5.20. The average Bonchev–Trinajstić information content (AvgIpc) is 2.42. The second kappa shape index (κ2) is 8.92. The maximum absolute atomic E-state index is 11.9. The molecule has 1 aliphatic rings. The third kappa shape index (κ3) is 6.34. The van der Waals surface area contributed by atoms with E-state index in [1.165, 1.54) is 0 Å². The summed E-state index contributed by atoms with van der Waals surface area (Å²) in [5.74, 6) is -0.359. The number of ether oxygens (including phenoxy) is 1. The van der Waals surface area contributed by atoms with Crippen LogP contribution in [0.25, 0.3) is 0 Å². The van der Waals surface area contributed by atoms with E-state index in [9.17, 15) is 9.59 Å². The van der Waals surface area contributed by atoms with Crippen molar-refractivity contribution in [1.82, 2.24) is 10.2 Å². The topological polar surface area (TPSA) is 78.9 Å². The van der Waals surface area contributed by atoms with E-state index in [1.807, 2.05) is 18.7 Å². The van der Waals surface area contributed by atoms with E-state index in [0.717, 1.165) is 0 Å². The quantitative estimate of drug-likeness (QED) is 0.643. The van der Waals surface area contributed by atoms with E-state index >= 15 is 0 Å². The summed E-state index contributed by atoms with van der Waals surface area (Å²) >= 11 is 0. The van der Waals surface area contributed by atoms with Crippen molar-refractivity contribution >= 4 is 11.9 Å². The van der Waals surface area contributed by atoms with Gasteiger partial charge in [-0.25, -0.2) is 0 Å². The largest absolute Gasteiger partial charge is 0.480 e. The second-order valence-electron chi connectivity index (χ2n) is 5.57. The smallest absolute Gasteiger partial charge is 0.320 e. The standard InChI is InChI=1S/C14H26N2O4/c1-11(2)10-12(14(18)19)15-5-3-4-13(17)16-6-8-20-9-7-16/h11-12,15H,3-10H2,1-2H3,(H,18,19). The first-order valence-corrected chi connectivity index (χ1v) is 7.32. The van der Waals surface area contributed by atoms with Gasteiger partial charge in [-0.1, -0.05) is 13.8 Å². The molecule has 1 amide bonds. The first-order valence-electron chi connectivity index (χ1n) is 7.32. The summed E-state index contributed by atoms with van der Waals surface area (Å²) in [5.41, 5.74) is 0. The second-order valence-corrected chi connectivity index (χ2v) is 5.57. The van der Waals surface area contributed by atoms with Gasteiger partial charge in [-0.2, -0.15) is 0 Å². The van der Waals surface area contributed by atoms with E-state index in [2.05, 4.69) is 5.32 Å². The van der Waals surface area contributed by atoms with Crippen LogP contribution in [0.4, 0.5) is 0 Å². The number of nitrogens with one attached hydrogen (secondary N) is 1. The maximum Gasteiger partial charge on any atom is 0.320 e. The molecular weight excluding hydrogens is 260 g/mol. The molecule has 1 aliphatic heterocycles. The molecule has 1 saturated heterocycles. The number of carbonyl (C=O) groups is 2. The number of hydrogen-bond acceptors (Lipinski definition) is 4. The number of aliphatic carboxylic acids is 1. The van der Waals surface area contributed by atoms with Crippen LogP contribution in [0.15, 0.2) is 0 Å². The van der Waals surface area contributed by atoms with Crippen LogP contribution in [0.2, 0.25) is 0 Å². The van der Waals surface area contributed by atoms with E-state index in [1.54, 1.807) is 0 Å². The van der Waals surface area contributed by atoms with Crippen molar-refractivity contribution in [1.29, 1.82) is 0 Å². The zero-order valence-electron chi connectivity index (χ0n) is 12.4. The molecule has 0 aliphatic carbocycles. The van der Waals surface area contributed by atoms with E-state index in [4.69, 9.17) is 9.84 Å². The van der Waals surface area contributed by atoms with Gasteiger partial charge in [-0.3, -0.25) is 9.59 Å². The lowest BCUT2D eigenvalue weighted by Gasteiger charge is -2.27. The number of carboxylic acid groups (broad SMARTS) is 1. The highest BCUT2D eigenvalue weighted by Crippen LogP contribution is 2.06. The third-order valence-corrected chi connectivity index (χ3v) is 3.33. The Kier molecular flexibility index (Phi) is 7.54. The Morgan fingerprint density at radius 3 is 2.50 bits per heavy atom. The van der Waals surface area contributed by atoms with Crippen LogP contribution in [-0.4, -0.2) is 60.8 Å². The molecule has 6 nitrogen and oxygen atoms in total. The summed E-state index contributed by atoms with van der Waals surface area (Å²) in [4.78, 5) is 24.8. The number of nitrogens with zero attached hydrogens (tertiary/aromatic N) is 1. The van der Waals surface area contributed by atoms with E-state index in [-0.39, 0.29) is 5.91 Å². The van der Waals surface area contributed by atoms with Gasteiger partial charge in [0, 0.05) is 19.5 Å². The highest BCUT2D eigenvalue weighted by molar-refractivity contribution is 5.76. The molecule has 6 heteroatoms. The maximum atomic E-state index is 11.9. The number of amides is 1.